The lowest BCUT2D eigenvalue weighted by Crippen LogP contribution is -2.35. The normalized spacial score (nSPS) is 12.3. The summed E-state index contributed by atoms with van der Waals surface area (Å²) in [6, 6.07) is 3.12. The maximum Gasteiger partial charge on any atom is 0.299 e. The number of hydrogen-bond acceptors (Lipinski definition) is 5. The molecule has 2 aromatic rings. The van der Waals surface area contributed by atoms with Gasteiger partial charge in [-0.3, -0.25) is 0 Å². The number of halogens is 2. The van der Waals surface area contributed by atoms with Gasteiger partial charge in [0.1, 0.15) is 5.82 Å². The first-order valence-electron chi connectivity index (χ1n) is 5.32. The molecule has 0 saturated carbocycles. The van der Waals surface area contributed by atoms with Crippen molar-refractivity contribution in [2.75, 3.05) is 11.9 Å². The van der Waals surface area contributed by atoms with Crippen LogP contribution in [0.4, 0.5) is 14.6 Å². The SMILES string of the molecule is CC(C)(CO)Nc1ccc2nnc(C(F)F)n2n1. The molecule has 18 heavy (non-hydrogen) atoms. The monoisotopic (exact) mass is 257 g/mol. The Bertz CT molecular complexity index is 554. The van der Waals surface area contributed by atoms with Gasteiger partial charge in [0.15, 0.2) is 5.65 Å². The number of aliphatic hydroxyl groups excluding tert-OH is 1. The summed E-state index contributed by atoms with van der Waals surface area (Å²) in [5.74, 6) is -0.140. The van der Waals surface area contributed by atoms with Crippen molar-refractivity contribution >= 4 is 11.5 Å². The molecule has 0 aliphatic rings. The molecule has 0 radical (unpaired) electrons. The molecule has 0 bridgehead atoms. The Kier molecular flexibility index (Phi) is 3.12. The second-order valence-corrected chi connectivity index (χ2v) is 4.51. The molecule has 0 saturated heterocycles. The quantitative estimate of drug-likeness (QED) is 0.862. The lowest BCUT2D eigenvalue weighted by molar-refractivity contribution is 0.137. The molecule has 0 aromatic carbocycles. The third-order valence-electron chi connectivity index (χ3n) is 2.34. The molecule has 2 N–H and O–H groups in total. The van der Waals surface area contributed by atoms with Crippen LogP contribution in [0, 0.1) is 0 Å². The standard InChI is InChI=1S/C10H13F2N5O/c1-10(2,5-18)13-6-3-4-7-14-15-9(8(11)12)17(7)16-6/h3-4,8,18H,5H2,1-2H3,(H,13,16). The molecule has 2 heterocycles. The first kappa shape index (κ1) is 12.6. The molecule has 0 atom stereocenters. The minimum absolute atomic E-state index is 0.114. The van der Waals surface area contributed by atoms with E-state index in [2.05, 4.69) is 20.6 Å². The average Bonchev–Trinajstić information content (AvgIpc) is 2.71. The number of alkyl halides is 2. The van der Waals surface area contributed by atoms with Crippen molar-refractivity contribution in [2.24, 2.45) is 0 Å². The van der Waals surface area contributed by atoms with Crippen molar-refractivity contribution in [1.82, 2.24) is 19.8 Å². The van der Waals surface area contributed by atoms with E-state index >= 15 is 0 Å². The minimum Gasteiger partial charge on any atom is -0.394 e. The summed E-state index contributed by atoms with van der Waals surface area (Å²) in [4.78, 5) is 0. The summed E-state index contributed by atoms with van der Waals surface area (Å²) in [5.41, 5.74) is -0.350. The summed E-state index contributed by atoms with van der Waals surface area (Å²) < 4.78 is 26.3. The predicted molar refractivity (Wildman–Crippen MR) is 60.5 cm³/mol. The van der Waals surface area contributed by atoms with Gasteiger partial charge in [0, 0.05) is 0 Å². The van der Waals surface area contributed by atoms with Gasteiger partial charge in [-0.2, -0.15) is 4.52 Å². The second kappa shape index (κ2) is 4.45. The number of anilines is 1. The van der Waals surface area contributed by atoms with Gasteiger partial charge >= 0.3 is 0 Å². The van der Waals surface area contributed by atoms with Gasteiger partial charge in [-0.05, 0) is 26.0 Å². The van der Waals surface area contributed by atoms with E-state index in [0.29, 0.717) is 5.82 Å². The highest BCUT2D eigenvalue weighted by molar-refractivity contribution is 5.45. The molecule has 0 amide bonds. The fourth-order valence-corrected chi connectivity index (χ4v) is 1.39. The highest BCUT2D eigenvalue weighted by Crippen LogP contribution is 2.18. The third-order valence-corrected chi connectivity index (χ3v) is 2.34. The fourth-order valence-electron chi connectivity index (χ4n) is 1.39. The lowest BCUT2D eigenvalue weighted by atomic mass is 10.1. The smallest absolute Gasteiger partial charge is 0.299 e. The van der Waals surface area contributed by atoms with Gasteiger partial charge in [-0.15, -0.1) is 15.3 Å². The van der Waals surface area contributed by atoms with Crippen LogP contribution in [-0.4, -0.2) is 37.1 Å². The van der Waals surface area contributed by atoms with Crippen LogP contribution in [0.5, 0.6) is 0 Å². The van der Waals surface area contributed by atoms with Crippen LogP contribution in [0.2, 0.25) is 0 Å². The van der Waals surface area contributed by atoms with Crippen molar-refractivity contribution < 1.29 is 13.9 Å². The number of nitrogens with zero attached hydrogens (tertiary/aromatic N) is 4. The van der Waals surface area contributed by atoms with E-state index in [1.54, 1.807) is 19.9 Å². The van der Waals surface area contributed by atoms with Gasteiger partial charge in [-0.1, -0.05) is 0 Å². The third kappa shape index (κ3) is 2.37. The Morgan fingerprint density at radius 2 is 2.11 bits per heavy atom. The fraction of sp³-hybridized carbons (Fsp3) is 0.500. The predicted octanol–water partition coefficient (Wildman–Crippen LogP) is 1.24. The summed E-state index contributed by atoms with van der Waals surface area (Å²) in [6.07, 6.45) is -2.74. The van der Waals surface area contributed by atoms with Crippen LogP contribution in [0.1, 0.15) is 26.1 Å². The van der Waals surface area contributed by atoms with E-state index in [-0.39, 0.29) is 12.3 Å². The van der Waals surface area contributed by atoms with Crippen molar-refractivity contribution in [2.45, 2.75) is 25.8 Å². The average molecular weight is 257 g/mol. The zero-order chi connectivity index (χ0) is 13.3. The molecular formula is C10H13F2N5O. The van der Waals surface area contributed by atoms with Crippen LogP contribution in [-0.2, 0) is 0 Å². The van der Waals surface area contributed by atoms with E-state index in [4.69, 9.17) is 5.11 Å². The van der Waals surface area contributed by atoms with E-state index in [1.165, 1.54) is 6.07 Å². The number of fused-ring (bicyclic) bond motifs is 1. The Hall–Kier alpha value is -1.83. The van der Waals surface area contributed by atoms with Gasteiger partial charge in [0.05, 0.1) is 12.1 Å². The number of nitrogens with one attached hydrogen (secondary N) is 1. The van der Waals surface area contributed by atoms with Crippen molar-refractivity contribution in [3.8, 4) is 0 Å². The van der Waals surface area contributed by atoms with Crippen molar-refractivity contribution in [3.63, 3.8) is 0 Å². The van der Waals surface area contributed by atoms with Crippen molar-refractivity contribution in [1.29, 1.82) is 0 Å². The van der Waals surface area contributed by atoms with Crippen LogP contribution in [0.15, 0.2) is 12.1 Å². The summed E-state index contributed by atoms with van der Waals surface area (Å²) in [7, 11) is 0. The molecule has 0 fully saturated rings. The molecule has 0 unspecified atom stereocenters. The van der Waals surface area contributed by atoms with Crippen LogP contribution in [0.25, 0.3) is 5.65 Å². The maximum absolute atomic E-state index is 12.6. The summed E-state index contributed by atoms with van der Waals surface area (Å²) in [6.45, 7) is 3.41. The topological polar surface area (TPSA) is 75.3 Å². The van der Waals surface area contributed by atoms with Gasteiger partial charge in [0.25, 0.3) is 6.43 Å². The van der Waals surface area contributed by atoms with E-state index in [0.717, 1.165) is 4.52 Å². The molecule has 0 aliphatic heterocycles. The van der Waals surface area contributed by atoms with E-state index < -0.39 is 17.8 Å². The largest absolute Gasteiger partial charge is 0.394 e. The minimum atomic E-state index is -2.74. The Morgan fingerprint density at radius 3 is 2.72 bits per heavy atom. The van der Waals surface area contributed by atoms with Gasteiger partial charge < -0.3 is 10.4 Å². The maximum atomic E-state index is 12.6. The molecular weight excluding hydrogens is 244 g/mol. The molecule has 0 aliphatic carbocycles. The van der Waals surface area contributed by atoms with Crippen LogP contribution >= 0.6 is 0 Å². The zero-order valence-electron chi connectivity index (χ0n) is 9.93. The van der Waals surface area contributed by atoms with Crippen molar-refractivity contribution in [3.05, 3.63) is 18.0 Å². The Balaban J connectivity index is 2.39. The highest BCUT2D eigenvalue weighted by atomic mass is 19.3. The molecule has 8 heteroatoms. The first-order chi connectivity index (χ1) is 8.43. The lowest BCUT2D eigenvalue weighted by Gasteiger charge is -2.23. The van der Waals surface area contributed by atoms with Crippen LogP contribution in [0.3, 0.4) is 0 Å². The summed E-state index contributed by atoms with van der Waals surface area (Å²) in [5, 5.41) is 23.0. The second-order valence-electron chi connectivity index (χ2n) is 4.51. The van der Waals surface area contributed by atoms with E-state index in [9.17, 15) is 8.78 Å². The summed E-state index contributed by atoms with van der Waals surface area (Å²) >= 11 is 0. The highest BCUT2D eigenvalue weighted by Gasteiger charge is 2.19. The van der Waals surface area contributed by atoms with Gasteiger partial charge in [0.2, 0.25) is 5.82 Å². The molecule has 6 nitrogen and oxygen atoms in total. The number of hydrogen-bond donors (Lipinski definition) is 2. The molecule has 2 rings (SSSR count). The van der Waals surface area contributed by atoms with Crippen LogP contribution < -0.4 is 5.32 Å². The Morgan fingerprint density at radius 1 is 1.39 bits per heavy atom. The molecule has 98 valence electrons. The molecule has 2 aromatic heterocycles. The Labute approximate surface area is 102 Å². The molecule has 0 spiro atoms. The number of aromatic nitrogens is 4. The zero-order valence-corrected chi connectivity index (χ0v) is 9.93. The van der Waals surface area contributed by atoms with Gasteiger partial charge in [-0.25, -0.2) is 8.78 Å². The first-order valence-corrected chi connectivity index (χ1v) is 5.32. The number of rotatable bonds is 4. The number of aliphatic hydroxyl groups is 1. The van der Waals surface area contributed by atoms with E-state index in [1.807, 2.05) is 0 Å².